The number of nitrogens with zero attached hydrogens (tertiary/aromatic N) is 1. The van der Waals surface area contributed by atoms with Crippen molar-refractivity contribution in [3.8, 4) is 11.8 Å². The van der Waals surface area contributed by atoms with Gasteiger partial charge < -0.3 is 14.8 Å². The molecule has 1 atom stereocenters. The molecule has 0 heterocycles. The molecule has 1 amide bonds. The van der Waals surface area contributed by atoms with E-state index in [4.69, 9.17) is 37.9 Å². The van der Waals surface area contributed by atoms with E-state index in [0.29, 0.717) is 26.9 Å². The second kappa shape index (κ2) is 9.81. The zero-order valence-electron chi connectivity index (χ0n) is 14.4. The third kappa shape index (κ3) is 6.48. The Balaban J connectivity index is 1.75. The lowest BCUT2D eigenvalue weighted by molar-refractivity contribution is -0.150. The first-order valence-corrected chi connectivity index (χ1v) is 8.67. The minimum absolute atomic E-state index is 0.349. The van der Waals surface area contributed by atoms with E-state index in [2.05, 4.69) is 5.32 Å². The Bertz CT molecular complexity index is 863. The van der Waals surface area contributed by atoms with Crippen molar-refractivity contribution >= 4 is 35.1 Å². The fourth-order valence-electron chi connectivity index (χ4n) is 2.17. The van der Waals surface area contributed by atoms with Crippen LogP contribution >= 0.6 is 23.2 Å². The van der Waals surface area contributed by atoms with Crippen molar-refractivity contribution in [2.45, 2.75) is 13.0 Å². The molecular weight excluding hydrogens is 391 g/mol. The van der Waals surface area contributed by atoms with Crippen LogP contribution in [0.2, 0.25) is 10.0 Å². The van der Waals surface area contributed by atoms with Crippen molar-refractivity contribution in [2.75, 3.05) is 13.2 Å². The highest BCUT2D eigenvalue weighted by Crippen LogP contribution is 2.25. The standard InChI is InChI=1S/C19H16Cl2N2O4/c1-12(16-7-4-14(20)8-17(16)21)23-18(24)10-27-19(25)11-26-15-5-2-13(9-22)3-6-15/h2-8,12H,10-11H2,1H3,(H,23,24)/t12-/m0/s1. The molecule has 0 saturated carbocycles. The highest BCUT2D eigenvalue weighted by atomic mass is 35.5. The van der Waals surface area contributed by atoms with Crippen LogP contribution in [0.4, 0.5) is 0 Å². The van der Waals surface area contributed by atoms with Crippen molar-refractivity contribution in [1.29, 1.82) is 5.26 Å². The average molecular weight is 407 g/mol. The summed E-state index contributed by atoms with van der Waals surface area (Å²) in [5.41, 5.74) is 1.18. The molecule has 1 N–H and O–H groups in total. The van der Waals surface area contributed by atoms with Crippen LogP contribution in [0.5, 0.6) is 5.75 Å². The molecule has 140 valence electrons. The monoisotopic (exact) mass is 406 g/mol. The molecule has 0 bridgehead atoms. The zero-order chi connectivity index (χ0) is 19.8. The number of nitrogens with one attached hydrogen (secondary N) is 1. The lowest BCUT2D eigenvalue weighted by Crippen LogP contribution is -2.32. The third-order valence-corrected chi connectivity index (χ3v) is 4.07. The largest absolute Gasteiger partial charge is 0.482 e. The number of carbonyl (C=O) groups excluding carboxylic acids is 2. The van der Waals surface area contributed by atoms with E-state index < -0.39 is 18.5 Å². The zero-order valence-corrected chi connectivity index (χ0v) is 15.9. The number of ether oxygens (including phenoxy) is 2. The van der Waals surface area contributed by atoms with Crippen molar-refractivity contribution in [1.82, 2.24) is 5.32 Å². The third-order valence-electron chi connectivity index (χ3n) is 3.51. The SMILES string of the molecule is C[C@H](NC(=O)COC(=O)COc1ccc(C#N)cc1)c1ccc(Cl)cc1Cl. The topological polar surface area (TPSA) is 88.4 Å². The van der Waals surface area contributed by atoms with Crippen molar-refractivity contribution in [3.05, 3.63) is 63.6 Å². The van der Waals surface area contributed by atoms with Crippen LogP contribution in [0, 0.1) is 11.3 Å². The Morgan fingerprint density at radius 2 is 1.85 bits per heavy atom. The van der Waals surface area contributed by atoms with Crippen molar-refractivity contribution in [3.63, 3.8) is 0 Å². The van der Waals surface area contributed by atoms with E-state index in [1.807, 2.05) is 6.07 Å². The number of amides is 1. The van der Waals surface area contributed by atoms with E-state index >= 15 is 0 Å². The van der Waals surface area contributed by atoms with Gasteiger partial charge in [0.2, 0.25) is 0 Å². The van der Waals surface area contributed by atoms with E-state index in [1.54, 1.807) is 49.4 Å². The molecule has 2 aromatic carbocycles. The van der Waals surface area contributed by atoms with Crippen molar-refractivity contribution in [2.24, 2.45) is 0 Å². The smallest absolute Gasteiger partial charge is 0.344 e. The van der Waals surface area contributed by atoms with Crippen LogP contribution < -0.4 is 10.1 Å². The number of hydrogen-bond acceptors (Lipinski definition) is 5. The van der Waals surface area contributed by atoms with Gasteiger partial charge in [0.25, 0.3) is 5.91 Å². The highest BCUT2D eigenvalue weighted by Gasteiger charge is 2.14. The first-order chi connectivity index (χ1) is 12.9. The molecular formula is C19H16Cl2N2O4. The Morgan fingerprint density at radius 3 is 2.48 bits per heavy atom. The van der Waals surface area contributed by atoms with E-state index in [1.165, 1.54) is 0 Å². The molecule has 8 heteroatoms. The highest BCUT2D eigenvalue weighted by molar-refractivity contribution is 6.35. The number of esters is 1. The molecule has 0 unspecified atom stereocenters. The summed E-state index contributed by atoms with van der Waals surface area (Å²) in [6.07, 6.45) is 0. The molecule has 27 heavy (non-hydrogen) atoms. The number of carbonyl (C=O) groups is 2. The maximum atomic E-state index is 11.9. The Labute approximate surface area is 166 Å². The molecule has 0 aliphatic rings. The number of halogens is 2. The van der Waals surface area contributed by atoms with Crippen LogP contribution in [0.25, 0.3) is 0 Å². The maximum Gasteiger partial charge on any atom is 0.344 e. The summed E-state index contributed by atoms with van der Waals surface area (Å²) in [5.74, 6) is -0.742. The van der Waals surface area contributed by atoms with Crippen LogP contribution in [-0.4, -0.2) is 25.1 Å². The fourth-order valence-corrected chi connectivity index (χ4v) is 2.74. The second-order valence-electron chi connectivity index (χ2n) is 5.54. The summed E-state index contributed by atoms with van der Waals surface area (Å²) >= 11 is 11.9. The summed E-state index contributed by atoms with van der Waals surface area (Å²) in [5, 5.41) is 12.3. The predicted octanol–water partition coefficient (Wildman–Crippen LogP) is 3.66. The van der Waals surface area contributed by atoms with Gasteiger partial charge >= 0.3 is 5.97 Å². The first-order valence-electron chi connectivity index (χ1n) is 7.92. The molecule has 0 spiro atoms. The normalized spacial score (nSPS) is 11.2. The molecule has 0 aromatic heterocycles. The predicted molar refractivity (Wildman–Crippen MR) is 101 cm³/mol. The first kappa shape index (κ1) is 20.6. The van der Waals surface area contributed by atoms with Crippen molar-refractivity contribution < 1.29 is 19.1 Å². The van der Waals surface area contributed by atoms with Gasteiger partial charge in [0.05, 0.1) is 17.7 Å². The van der Waals surface area contributed by atoms with Crippen LogP contribution in [-0.2, 0) is 14.3 Å². The van der Waals surface area contributed by atoms with E-state index in [-0.39, 0.29) is 12.6 Å². The van der Waals surface area contributed by atoms with Gasteiger partial charge in [0, 0.05) is 10.0 Å². The van der Waals surface area contributed by atoms with E-state index in [0.717, 1.165) is 0 Å². The summed E-state index contributed by atoms with van der Waals surface area (Å²) in [6, 6.07) is 12.8. The lowest BCUT2D eigenvalue weighted by atomic mass is 10.1. The molecule has 0 radical (unpaired) electrons. The van der Waals surface area contributed by atoms with Gasteiger partial charge in [0.1, 0.15) is 5.75 Å². The fraction of sp³-hybridized carbons (Fsp3) is 0.211. The van der Waals surface area contributed by atoms with Crippen LogP contribution in [0.3, 0.4) is 0 Å². The second-order valence-corrected chi connectivity index (χ2v) is 6.38. The summed E-state index contributed by atoms with van der Waals surface area (Å²) in [4.78, 5) is 23.6. The van der Waals surface area contributed by atoms with Gasteiger partial charge in [-0.05, 0) is 48.9 Å². The van der Waals surface area contributed by atoms with E-state index in [9.17, 15) is 9.59 Å². The average Bonchev–Trinajstić information content (AvgIpc) is 2.65. The summed E-state index contributed by atoms with van der Waals surface area (Å²) < 4.78 is 10.1. The molecule has 6 nitrogen and oxygen atoms in total. The number of benzene rings is 2. The minimum Gasteiger partial charge on any atom is -0.482 e. The molecule has 0 aliphatic carbocycles. The maximum absolute atomic E-state index is 11.9. The van der Waals surface area contributed by atoms with Gasteiger partial charge in [-0.1, -0.05) is 29.3 Å². The Morgan fingerprint density at radius 1 is 1.15 bits per heavy atom. The number of nitriles is 1. The molecule has 0 aliphatic heterocycles. The molecule has 0 fully saturated rings. The van der Waals surface area contributed by atoms with Crippen LogP contribution in [0.15, 0.2) is 42.5 Å². The molecule has 0 saturated heterocycles. The lowest BCUT2D eigenvalue weighted by Gasteiger charge is -2.16. The Kier molecular flexibility index (Phi) is 7.47. The molecule has 2 rings (SSSR count). The van der Waals surface area contributed by atoms with Gasteiger partial charge in [0.15, 0.2) is 13.2 Å². The Hall–Kier alpha value is -2.75. The van der Waals surface area contributed by atoms with Gasteiger partial charge in [-0.15, -0.1) is 0 Å². The summed E-state index contributed by atoms with van der Waals surface area (Å²) in [7, 11) is 0. The quantitative estimate of drug-likeness (QED) is 0.708. The van der Waals surface area contributed by atoms with Gasteiger partial charge in [-0.2, -0.15) is 5.26 Å². The van der Waals surface area contributed by atoms with Gasteiger partial charge in [-0.25, -0.2) is 4.79 Å². The summed E-state index contributed by atoms with van der Waals surface area (Å²) in [6.45, 7) is 0.964. The van der Waals surface area contributed by atoms with Gasteiger partial charge in [-0.3, -0.25) is 4.79 Å². The minimum atomic E-state index is -0.688. The molecule has 2 aromatic rings. The number of hydrogen-bond donors (Lipinski definition) is 1. The van der Waals surface area contributed by atoms with Crippen LogP contribution in [0.1, 0.15) is 24.1 Å². The number of rotatable bonds is 7.